The van der Waals surface area contributed by atoms with Gasteiger partial charge in [-0.15, -0.1) is 0 Å². The summed E-state index contributed by atoms with van der Waals surface area (Å²) in [6.45, 7) is 9.48. The highest BCUT2D eigenvalue weighted by molar-refractivity contribution is 5.68. The monoisotopic (exact) mass is 269 g/mol. The molecule has 0 bridgehead atoms. The summed E-state index contributed by atoms with van der Waals surface area (Å²) >= 11 is 0. The summed E-state index contributed by atoms with van der Waals surface area (Å²) in [5.74, 6) is 0.826. The van der Waals surface area contributed by atoms with Crippen LogP contribution in [0, 0.1) is 5.92 Å². The zero-order valence-corrected chi connectivity index (χ0v) is 12.6. The maximum Gasteiger partial charge on any atom is 0.410 e. The smallest absolute Gasteiger partial charge is 0.410 e. The van der Waals surface area contributed by atoms with E-state index in [-0.39, 0.29) is 6.09 Å². The molecule has 1 amide bonds. The fourth-order valence-electron chi connectivity index (χ4n) is 2.71. The van der Waals surface area contributed by atoms with E-state index in [2.05, 4.69) is 6.92 Å². The molecule has 0 aromatic rings. The lowest BCUT2D eigenvalue weighted by Gasteiger charge is -2.39. The molecule has 2 fully saturated rings. The molecule has 19 heavy (non-hydrogen) atoms. The first-order chi connectivity index (χ1) is 8.83. The maximum absolute atomic E-state index is 11.9. The summed E-state index contributed by atoms with van der Waals surface area (Å²) in [5.41, 5.74) is -0.410. The van der Waals surface area contributed by atoms with E-state index < -0.39 is 5.60 Å². The molecule has 0 spiro atoms. The van der Waals surface area contributed by atoms with Gasteiger partial charge in [0.15, 0.2) is 0 Å². The zero-order valence-electron chi connectivity index (χ0n) is 12.6. The quantitative estimate of drug-likeness (QED) is 0.772. The fraction of sp³-hybridized carbons (Fsp3) is 0.933. The summed E-state index contributed by atoms with van der Waals surface area (Å²) in [6, 6.07) is 0. The van der Waals surface area contributed by atoms with Gasteiger partial charge in [0.2, 0.25) is 0 Å². The van der Waals surface area contributed by atoms with Crippen LogP contribution in [0.25, 0.3) is 0 Å². The molecule has 0 radical (unpaired) electrons. The van der Waals surface area contributed by atoms with Crippen molar-refractivity contribution in [2.45, 2.75) is 71.2 Å². The molecule has 0 N–H and O–H groups in total. The highest BCUT2D eigenvalue weighted by atomic mass is 16.6. The van der Waals surface area contributed by atoms with Gasteiger partial charge < -0.3 is 14.4 Å². The van der Waals surface area contributed by atoms with Crippen LogP contribution in [0.1, 0.15) is 53.4 Å². The fourth-order valence-corrected chi connectivity index (χ4v) is 2.71. The first kappa shape index (κ1) is 14.6. The van der Waals surface area contributed by atoms with Gasteiger partial charge >= 0.3 is 6.09 Å². The molecule has 4 nitrogen and oxygen atoms in total. The van der Waals surface area contributed by atoms with Crippen LogP contribution >= 0.6 is 0 Å². The van der Waals surface area contributed by atoms with Gasteiger partial charge in [0.25, 0.3) is 0 Å². The molecule has 4 heteroatoms. The molecule has 0 aromatic carbocycles. The van der Waals surface area contributed by atoms with Crippen molar-refractivity contribution in [2.75, 3.05) is 13.1 Å². The SMILES string of the molecule is CC(C)(C)OC(=O)N1CCC(O[C@H]2C[C@H](C)C2)CC1. The van der Waals surface area contributed by atoms with Crippen molar-refractivity contribution in [3.63, 3.8) is 0 Å². The van der Waals surface area contributed by atoms with Gasteiger partial charge in [0.1, 0.15) is 5.60 Å². The highest BCUT2D eigenvalue weighted by Crippen LogP contribution is 2.31. The zero-order chi connectivity index (χ0) is 14.0. The van der Waals surface area contributed by atoms with E-state index in [9.17, 15) is 4.79 Å². The number of ether oxygens (including phenoxy) is 2. The van der Waals surface area contributed by atoms with Crippen LogP contribution in [0.2, 0.25) is 0 Å². The third kappa shape index (κ3) is 4.37. The summed E-state index contributed by atoms with van der Waals surface area (Å²) in [4.78, 5) is 13.7. The Bertz CT molecular complexity index is 310. The number of carbonyl (C=O) groups excluding carboxylic acids is 1. The summed E-state index contributed by atoms with van der Waals surface area (Å²) in [7, 11) is 0. The van der Waals surface area contributed by atoms with Crippen LogP contribution in [-0.4, -0.2) is 41.9 Å². The number of hydrogen-bond donors (Lipinski definition) is 0. The van der Waals surface area contributed by atoms with Crippen molar-refractivity contribution in [2.24, 2.45) is 5.92 Å². The standard InChI is InChI=1S/C15H27NO3/c1-11-9-13(10-11)18-12-5-7-16(8-6-12)14(17)19-15(2,3)4/h11-13H,5-10H2,1-4H3/t11-,13-. The summed E-state index contributed by atoms with van der Waals surface area (Å²) < 4.78 is 11.4. The lowest BCUT2D eigenvalue weighted by atomic mass is 9.84. The van der Waals surface area contributed by atoms with Crippen LogP contribution in [-0.2, 0) is 9.47 Å². The van der Waals surface area contributed by atoms with Crippen molar-refractivity contribution in [3.05, 3.63) is 0 Å². The lowest BCUT2D eigenvalue weighted by molar-refractivity contribution is -0.0905. The van der Waals surface area contributed by atoms with Crippen molar-refractivity contribution >= 4 is 6.09 Å². The Labute approximate surface area is 116 Å². The van der Waals surface area contributed by atoms with Gasteiger partial charge in [-0.25, -0.2) is 4.79 Å². The molecule has 0 unspecified atom stereocenters. The lowest BCUT2D eigenvalue weighted by Crippen LogP contribution is -2.45. The number of carbonyl (C=O) groups is 1. The minimum atomic E-state index is -0.410. The van der Waals surface area contributed by atoms with Crippen LogP contribution in [0.3, 0.4) is 0 Å². The Morgan fingerprint density at radius 2 is 1.68 bits per heavy atom. The van der Waals surface area contributed by atoms with E-state index in [4.69, 9.17) is 9.47 Å². The van der Waals surface area contributed by atoms with Gasteiger partial charge in [-0.05, 0) is 52.4 Å². The predicted octanol–water partition coefficient (Wildman–Crippen LogP) is 3.20. The molecule has 1 aliphatic heterocycles. The number of rotatable bonds is 2. The maximum atomic E-state index is 11.9. The number of nitrogens with zero attached hydrogens (tertiary/aromatic N) is 1. The Kier molecular flexibility index (Phi) is 4.39. The van der Waals surface area contributed by atoms with Crippen molar-refractivity contribution < 1.29 is 14.3 Å². The Morgan fingerprint density at radius 1 is 1.11 bits per heavy atom. The molecular formula is C15H27NO3. The van der Waals surface area contributed by atoms with E-state index in [0.29, 0.717) is 12.2 Å². The minimum Gasteiger partial charge on any atom is -0.444 e. The average molecular weight is 269 g/mol. The molecule has 1 saturated carbocycles. The first-order valence-corrected chi connectivity index (χ1v) is 7.47. The number of likely N-dealkylation sites (tertiary alicyclic amines) is 1. The van der Waals surface area contributed by atoms with Gasteiger partial charge in [0, 0.05) is 13.1 Å². The van der Waals surface area contributed by atoms with Crippen molar-refractivity contribution in [3.8, 4) is 0 Å². The third-order valence-electron chi connectivity index (χ3n) is 3.81. The van der Waals surface area contributed by atoms with Gasteiger partial charge in [-0.3, -0.25) is 0 Å². The van der Waals surface area contributed by atoms with Crippen molar-refractivity contribution in [1.29, 1.82) is 0 Å². The predicted molar refractivity (Wildman–Crippen MR) is 74.1 cm³/mol. The minimum absolute atomic E-state index is 0.191. The molecule has 1 heterocycles. The number of piperidine rings is 1. The van der Waals surface area contributed by atoms with E-state index in [1.165, 1.54) is 12.8 Å². The number of hydrogen-bond acceptors (Lipinski definition) is 3. The molecule has 2 aliphatic rings. The van der Waals surface area contributed by atoms with Gasteiger partial charge in [-0.1, -0.05) is 6.92 Å². The molecule has 1 aliphatic carbocycles. The van der Waals surface area contributed by atoms with Crippen LogP contribution in [0.5, 0.6) is 0 Å². The van der Waals surface area contributed by atoms with Gasteiger partial charge in [-0.2, -0.15) is 0 Å². The Morgan fingerprint density at radius 3 is 2.16 bits per heavy atom. The molecule has 0 atom stereocenters. The average Bonchev–Trinajstić information content (AvgIpc) is 2.25. The van der Waals surface area contributed by atoms with Crippen LogP contribution in [0.4, 0.5) is 4.79 Å². The summed E-state index contributed by atoms with van der Waals surface area (Å²) in [5, 5.41) is 0. The second-order valence-corrected chi connectivity index (χ2v) is 7.00. The molecule has 1 saturated heterocycles. The van der Waals surface area contributed by atoms with Gasteiger partial charge in [0.05, 0.1) is 12.2 Å². The second kappa shape index (κ2) is 5.70. The van der Waals surface area contributed by atoms with E-state index in [1.807, 2.05) is 20.8 Å². The van der Waals surface area contributed by atoms with E-state index in [0.717, 1.165) is 31.8 Å². The highest BCUT2D eigenvalue weighted by Gasteiger charge is 2.32. The van der Waals surface area contributed by atoms with Crippen LogP contribution < -0.4 is 0 Å². The second-order valence-electron chi connectivity index (χ2n) is 7.00. The summed E-state index contributed by atoms with van der Waals surface area (Å²) in [6.07, 6.45) is 4.87. The van der Waals surface area contributed by atoms with Crippen LogP contribution in [0.15, 0.2) is 0 Å². The largest absolute Gasteiger partial charge is 0.444 e. The van der Waals surface area contributed by atoms with Crippen molar-refractivity contribution in [1.82, 2.24) is 4.90 Å². The Hall–Kier alpha value is -0.770. The first-order valence-electron chi connectivity index (χ1n) is 7.47. The molecule has 2 rings (SSSR count). The normalized spacial score (nSPS) is 28.9. The third-order valence-corrected chi connectivity index (χ3v) is 3.81. The molecular weight excluding hydrogens is 242 g/mol. The number of amides is 1. The Balaban J connectivity index is 1.68. The van der Waals surface area contributed by atoms with E-state index in [1.54, 1.807) is 4.90 Å². The molecule has 0 aromatic heterocycles. The topological polar surface area (TPSA) is 38.8 Å². The molecule has 110 valence electrons. The van der Waals surface area contributed by atoms with E-state index >= 15 is 0 Å².